The molecular formula is C16H27NO4. The average molecular weight is 297 g/mol. The van der Waals surface area contributed by atoms with Gasteiger partial charge in [-0.05, 0) is 37.0 Å². The highest BCUT2D eigenvalue weighted by molar-refractivity contribution is 5.80. The number of carbonyl (C=O) groups is 2. The molecule has 5 nitrogen and oxygen atoms in total. The highest BCUT2D eigenvalue weighted by Gasteiger charge is 2.36. The number of hydrogen-bond donors (Lipinski definition) is 1. The van der Waals surface area contributed by atoms with Gasteiger partial charge in [-0.3, -0.25) is 4.79 Å². The first-order valence-corrected chi connectivity index (χ1v) is 7.92. The number of rotatable bonds is 2. The van der Waals surface area contributed by atoms with Crippen LogP contribution in [-0.4, -0.2) is 47.7 Å². The molecule has 0 spiro atoms. The maximum absolute atomic E-state index is 12.6. The summed E-state index contributed by atoms with van der Waals surface area (Å²) in [6.07, 6.45) is 3.17. The van der Waals surface area contributed by atoms with Crippen molar-refractivity contribution in [3.63, 3.8) is 0 Å². The molecule has 1 unspecified atom stereocenters. The lowest BCUT2D eigenvalue weighted by Gasteiger charge is -2.39. The summed E-state index contributed by atoms with van der Waals surface area (Å²) in [4.78, 5) is 25.2. The molecule has 1 atom stereocenters. The fourth-order valence-corrected chi connectivity index (χ4v) is 3.46. The van der Waals surface area contributed by atoms with Crippen molar-refractivity contribution in [2.24, 2.45) is 17.3 Å². The van der Waals surface area contributed by atoms with Crippen molar-refractivity contribution >= 4 is 11.9 Å². The van der Waals surface area contributed by atoms with Crippen LogP contribution >= 0.6 is 0 Å². The summed E-state index contributed by atoms with van der Waals surface area (Å²) in [6, 6.07) is 0. The molecule has 120 valence electrons. The Bertz CT molecular complexity index is 394. The molecule has 0 aromatic rings. The molecule has 5 heteroatoms. The summed E-state index contributed by atoms with van der Waals surface area (Å²) in [5, 5.41) is 9.01. The van der Waals surface area contributed by atoms with Crippen molar-refractivity contribution in [1.82, 2.24) is 4.90 Å². The topological polar surface area (TPSA) is 66.8 Å². The molecule has 2 rings (SSSR count). The quantitative estimate of drug-likeness (QED) is 0.848. The second-order valence-electron chi connectivity index (χ2n) is 7.40. The predicted octanol–water partition coefficient (Wildman–Crippen LogP) is 2.15. The number of ether oxygens (including phenoxy) is 1. The van der Waals surface area contributed by atoms with Gasteiger partial charge < -0.3 is 14.7 Å². The lowest BCUT2D eigenvalue weighted by Crippen LogP contribution is -2.50. The highest BCUT2D eigenvalue weighted by Crippen LogP contribution is 2.40. The summed E-state index contributed by atoms with van der Waals surface area (Å²) in [5.41, 5.74) is 0.307. The van der Waals surface area contributed by atoms with E-state index in [-0.39, 0.29) is 18.4 Å². The molecule has 21 heavy (non-hydrogen) atoms. The van der Waals surface area contributed by atoms with E-state index in [0.29, 0.717) is 24.5 Å². The van der Waals surface area contributed by atoms with Crippen LogP contribution in [0.4, 0.5) is 0 Å². The van der Waals surface area contributed by atoms with Gasteiger partial charge in [-0.2, -0.15) is 0 Å². The Hall–Kier alpha value is -1.10. The summed E-state index contributed by atoms with van der Waals surface area (Å²) in [6.45, 7) is 7.81. The highest BCUT2D eigenvalue weighted by atomic mass is 16.5. The summed E-state index contributed by atoms with van der Waals surface area (Å²) in [7, 11) is 0. The Morgan fingerprint density at radius 3 is 2.29 bits per heavy atom. The zero-order valence-corrected chi connectivity index (χ0v) is 13.3. The second kappa shape index (κ2) is 6.34. The van der Waals surface area contributed by atoms with E-state index in [4.69, 9.17) is 9.84 Å². The van der Waals surface area contributed by atoms with Crippen molar-refractivity contribution in [2.45, 2.75) is 52.6 Å². The predicted molar refractivity (Wildman–Crippen MR) is 78.9 cm³/mol. The van der Waals surface area contributed by atoms with E-state index in [1.54, 1.807) is 4.90 Å². The Kier molecular flexibility index (Phi) is 4.91. The van der Waals surface area contributed by atoms with E-state index in [1.165, 1.54) is 0 Å². The Morgan fingerprint density at radius 2 is 1.76 bits per heavy atom. The molecule has 1 saturated heterocycles. The number of carboxylic acid groups (broad SMARTS) is 1. The zero-order chi connectivity index (χ0) is 15.6. The molecule has 1 saturated carbocycles. The Morgan fingerprint density at radius 1 is 1.14 bits per heavy atom. The van der Waals surface area contributed by atoms with Gasteiger partial charge in [0.1, 0.15) is 0 Å². The fraction of sp³-hybridized carbons (Fsp3) is 0.875. The van der Waals surface area contributed by atoms with Gasteiger partial charge in [-0.1, -0.05) is 20.8 Å². The molecule has 0 aromatic carbocycles. The third kappa shape index (κ3) is 3.96. The van der Waals surface area contributed by atoms with E-state index in [1.807, 2.05) is 0 Å². The van der Waals surface area contributed by atoms with Gasteiger partial charge in [0.05, 0.1) is 13.2 Å². The van der Waals surface area contributed by atoms with Crippen LogP contribution in [0.25, 0.3) is 0 Å². The van der Waals surface area contributed by atoms with Crippen LogP contribution in [0.3, 0.4) is 0 Å². The first-order valence-electron chi connectivity index (χ1n) is 7.92. The first kappa shape index (κ1) is 16.3. The normalized spacial score (nSPS) is 31.0. The van der Waals surface area contributed by atoms with E-state index >= 15 is 0 Å². The third-order valence-electron chi connectivity index (χ3n) is 4.95. The number of carboxylic acids is 1. The molecule has 1 aliphatic heterocycles. The monoisotopic (exact) mass is 297 g/mol. The van der Waals surface area contributed by atoms with Crippen molar-refractivity contribution in [2.75, 3.05) is 19.7 Å². The lowest BCUT2D eigenvalue weighted by atomic mass is 9.69. The van der Waals surface area contributed by atoms with Gasteiger partial charge in [0.15, 0.2) is 6.10 Å². The summed E-state index contributed by atoms with van der Waals surface area (Å²) >= 11 is 0. The molecule has 1 aliphatic carbocycles. The maximum Gasteiger partial charge on any atom is 0.334 e. The second-order valence-corrected chi connectivity index (χ2v) is 7.40. The minimum atomic E-state index is -0.982. The first-order chi connectivity index (χ1) is 9.79. The van der Waals surface area contributed by atoms with Gasteiger partial charge in [-0.15, -0.1) is 0 Å². The molecular weight excluding hydrogens is 270 g/mol. The average Bonchev–Trinajstić information content (AvgIpc) is 2.46. The van der Waals surface area contributed by atoms with Crippen LogP contribution in [0.15, 0.2) is 0 Å². The van der Waals surface area contributed by atoms with Crippen LogP contribution in [0.5, 0.6) is 0 Å². The number of nitrogens with zero attached hydrogens (tertiary/aromatic N) is 1. The van der Waals surface area contributed by atoms with Gasteiger partial charge >= 0.3 is 5.97 Å². The smallest absolute Gasteiger partial charge is 0.334 e. The van der Waals surface area contributed by atoms with Crippen LogP contribution in [0.1, 0.15) is 46.5 Å². The van der Waals surface area contributed by atoms with Crippen LogP contribution in [0, 0.1) is 17.3 Å². The minimum Gasteiger partial charge on any atom is -0.479 e. The SMILES string of the molecule is CC(C)(C)C1CCC(C(=O)N2CCOC(C(=O)O)C2)CC1. The van der Waals surface area contributed by atoms with Gasteiger partial charge in [-0.25, -0.2) is 4.79 Å². The van der Waals surface area contributed by atoms with Crippen molar-refractivity contribution in [3.8, 4) is 0 Å². The van der Waals surface area contributed by atoms with Crippen molar-refractivity contribution < 1.29 is 19.4 Å². The van der Waals surface area contributed by atoms with E-state index in [9.17, 15) is 9.59 Å². The Labute approximate surface area is 126 Å². The molecule has 0 bridgehead atoms. The zero-order valence-electron chi connectivity index (χ0n) is 13.3. The minimum absolute atomic E-state index is 0.0659. The number of carbonyl (C=O) groups excluding carboxylic acids is 1. The van der Waals surface area contributed by atoms with Crippen LogP contribution in [0.2, 0.25) is 0 Å². The van der Waals surface area contributed by atoms with Crippen molar-refractivity contribution in [3.05, 3.63) is 0 Å². The van der Waals surface area contributed by atoms with E-state index in [0.717, 1.165) is 25.7 Å². The third-order valence-corrected chi connectivity index (χ3v) is 4.95. The number of amides is 1. The van der Waals surface area contributed by atoms with Gasteiger partial charge in [0.2, 0.25) is 5.91 Å². The summed E-state index contributed by atoms with van der Waals surface area (Å²) in [5.74, 6) is -0.116. The number of aliphatic carboxylic acids is 1. The maximum atomic E-state index is 12.6. The molecule has 0 aromatic heterocycles. The fourth-order valence-electron chi connectivity index (χ4n) is 3.46. The summed E-state index contributed by atoms with van der Waals surface area (Å²) < 4.78 is 5.18. The van der Waals surface area contributed by atoms with E-state index in [2.05, 4.69) is 20.8 Å². The van der Waals surface area contributed by atoms with Crippen LogP contribution in [-0.2, 0) is 14.3 Å². The standard InChI is InChI=1S/C16H27NO4/c1-16(2,3)12-6-4-11(5-7-12)14(18)17-8-9-21-13(10-17)15(19)20/h11-13H,4-10H2,1-3H3,(H,19,20). The van der Waals surface area contributed by atoms with E-state index < -0.39 is 12.1 Å². The Balaban J connectivity index is 1.88. The molecule has 0 radical (unpaired) electrons. The molecule has 1 heterocycles. The molecule has 2 aliphatic rings. The molecule has 2 fully saturated rings. The van der Waals surface area contributed by atoms with Crippen molar-refractivity contribution in [1.29, 1.82) is 0 Å². The van der Waals surface area contributed by atoms with Crippen LogP contribution < -0.4 is 0 Å². The molecule has 1 amide bonds. The van der Waals surface area contributed by atoms with Gasteiger partial charge in [0.25, 0.3) is 0 Å². The largest absolute Gasteiger partial charge is 0.479 e. The number of hydrogen-bond acceptors (Lipinski definition) is 3. The van der Waals surface area contributed by atoms with Gasteiger partial charge in [0, 0.05) is 12.5 Å². The lowest BCUT2D eigenvalue weighted by molar-refractivity contribution is -0.161. The molecule has 1 N–H and O–H groups in total. The number of morpholine rings is 1.